The minimum atomic E-state index is -0.365. The number of hydrogen-bond acceptors (Lipinski definition) is 5. The van der Waals surface area contributed by atoms with Crippen molar-refractivity contribution in [3.63, 3.8) is 0 Å². The highest BCUT2D eigenvalue weighted by Gasteiger charge is 2.38. The molecule has 0 radical (unpaired) electrons. The average molecular weight is 475 g/mol. The molecule has 1 aliphatic heterocycles. The van der Waals surface area contributed by atoms with E-state index in [4.69, 9.17) is 16.6 Å². The van der Waals surface area contributed by atoms with Gasteiger partial charge in [0, 0.05) is 18.6 Å². The molecule has 5 nitrogen and oxygen atoms in total. The summed E-state index contributed by atoms with van der Waals surface area (Å²) in [5.74, 6) is 1.41. The van der Waals surface area contributed by atoms with Crippen molar-refractivity contribution in [1.29, 1.82) is 0 Å². The summed E-state index contributed by atoms with van der Waals surface area (Å²) in [5, 5.41) is 3.69. The molecular weight excluding hydrogens is 452 g/mol. The number of ketones is 1. The molecular formula is C26H23ClN4OS. The van der Waals surface area contributed by atoms with Gasteiger partial charge in [0.15, 0.2) is 5.82 Å². The summed E-state index contributed by atoms with van der Waals surface area (Å²) >= 11 is 7.60. The minimum Gasteiger partial charge on any atom is -0.352 e. The van der Waals surface area contributed by atoms with E-state index in [0.29, 0.717) is 35.6 Å². The Labute approximate surface area is 202 Å². The Morgan fingerprint density at radius 3 is 2.24 bits per heavy atom. The van der Waals surface area contributed by atoms with E-state index in [1.165, 1.54) is 11.9 Å². The lowest BCUT2D eigenvalue weighted by Crippen LogP contribution is -2.28. The van der Waals surface area contributed by atoms with Crippen LogP contribution in [0.4, 0.5) is 11.8 Å². The number of halogens is 1. The number of nitrogens with one attached hydrogen (secondary N) is 1. The van der Waals surface area contributed by atoms with E-state index in [2.05, 4.69) is 33.9 Å². The van der Waals surface area contributed by atoms with Gasteiger partial charge in [-0.25, -0.2) is 0 Å². The molecule has 1 atom stereocenters. The van der Waals surface area contributed by atoms with Gasteiger partial charge in [0.25, 0.3) is 0 Å². The molecule has 0 aliphatic carbocycles. The quantitative estimate of drug-likeness (QED) is 0.333. The van der Waals surface area contributed by atoms with Crippen LogP contribution in [0.25, 0.3) is 0 Å². The normalized spacial score (nSPS) is 15.4. The first-order valence-corrected chi connectivity index (χ1v) is 11.9. The summed E-state index contributed by atoms with van der Waals surface area (Å²) in [5.41, 5.74) is 3.85. The van der Waals surface area contributed by atoms with Crippen molar-refractivity contribution in [2.45, 2.75) is 18.3 Å². The molecule has 0 fully saturated rings. The Morgan fingerprint density at radius 1 is 0.939 bits per heavy atom. The molecule has 7 heteroatoms. The van der Waals surface area contributed by atoms with Crippen molar-refractivity contribution in [2.24, 2.45) is 7.05 Å². The molecule has 166 valence electrons. The van der Waals surface area contributed by atoms with E-state index in [9.17, 15) is 4.79 Å². The standard InChI is InChI=1S/C26H23ClN4OS/c1-30-22-23(32)24(20-12-14-21(27)15-13-20)33-31(17-19-10-6-3-7-11-19)25(22)29-26(30)28-16-18-8-4-2-5-9-18/h2-15,24H,16-17H2,1H3,(H,28,29). The topological polar surface area (TPSA) is 50.2 Å². The number of aromatic nitrogens is 2. The van der Waals surface area contributed by atoms with Crippen molar-refractivity contribution in [3.05, 3.63) is 112 Å². The van der Waals surface area contributed by atoms with Gasteiger partial charge in [-0.3, -0.25) is 9.10 Å². The zero-order valence-electron chi connectivity index (χ0n) is 18.1. The largest absolute Gasteiger partial charge is 0.352 e. The van der Waals surface area contributed by atoms with Crippen molar-refractivity contribution in [2.75, 3.05) is 9.62 Å². The molecule has 0 saturated heterocycles. The number of carbonyl (C=O) groups excluding carboxylic acids is 1. The molecule has 1 aromatic heterocycles. The molecule has 1 aliphatic rings. The summed E-state index contributed by atoms with van der Waals surface area (Å²) in [6.07, 6.45) is 0. The number of Topliss-reactive ketones (excluding diaryl/α,β-unsaturated/α-hetero) is 1. The monoisotopic (exact) mass is 474 g/mol. The predicted molar refractivity (Wildman–Crippen MR) is 136 cm³/mol. The maximum Gasteiger partial charge on any atom is 0.205 e. The highest BCUT2D eigenvalue weighted by Crippen LogP contribution is 2.46. The van der Waals surface area contributed by atoms with Crippen molar-refractivity contribution < 1.29 is 4.79 Å². The van der Waals surface area contributed by atoms with Gasteiger partial charge < -0.3 is 9.88 Å². The Morgan fingerprint density at radius 2 is 1.58 bits per heavy atom. The van der Waals surface area contributed by atoms with Crippen LogP contribution >= 0.6 is 23.5 Å². The summed E-state index contributed by atoms with van der Waals surface area (Å²) in [6.45, 7) is 1.27. The lowest BCUT2D eigenvalue weighted by Gasteiger charge is -2.31. The summed E-state index contributed by atoms with van der Waals surface area (Å²) in [6, 6.07) is 27.9. The van der Waals surface area contributed by atoms with Crippen LogP contribution in [-0.4, -0.2) is 15.3 Å². The van der Waals surface area contributed by atoms with E-state index in [1.54, 1.807) is 0 Å². The van der Waals surface area contributed by atoms with Crippen LogP contribution in [0.3, 0.4) is 0 Å². The van der Waals surface area contributed by atoms with Crippen LogP contribution in [0, 0.1) is 0 Å². The number of nitrogens with zero attached hydrogens (tertiary/aromatic N) is 3. The molecule has 1 unspecified atom stereocenters. The molecule has 5 rings (SSSR count). The predicted octanol–water partition coefficient (Wildman–Crippen LogP) is 6.28. The summed E-state index contributed by atoms with van der Waals surface area (Å²) < 4.78 is 4.00. The van der Waals surface area contributed by atoms with Crippen LogP contribution in [0.2, 0.25) is 5.02 Å². The fourth-order valence-corrected chi connectivity index (χ4v) is 5.25. The third-order valence-electron chi connectivity index (χ3n) is 5.65. The Balaban J connectivity index is 1.51. The fourth-order valence-electron chi connectivity index (χ4n) is 3.93. The lowest BCUT2D eigenvalue weighted by molar-refractivity contribution is 0.0981. The number of fused-ring (bicyclic) bond motifs is 1. The minimum absolute atomic E-state index is 0.0457. The first kappa shape index (κ1) is 21.6. The Kier molecular flexibility index (Phi) is 6.11. The first-order valence-electron chi connectivity index (χ1n) is 10.7. The second-order valence-corrected chi connectivity index (χ2v) is 9.49. The highest BCUT2D eigenvalue weighted by atomic mass is 35.5. The van der Waals surface area contributed by atoms with E-state index >= 15 is 0 Å². The van der Waals surface area contributed by atoms with Gasteiger partial charge in [-0.05, 0) is 40.8 Å². The summed E-state index contributed by atoms with van der Waals surface area (Å²) in [4.78, 5) is 18.5. The van der Waals surface area contributed by atoms with Gasteiger partial charge in [0.05, 0.1) is 6.54 Å². The van der Waals surface area contributed by atoms with Crippen LogP contribution in [0.1, 0.15) is 32.4 Å². The zero-order chi connectivity index (χ0) is 22.8. The van der Waals surface area contributed by atoms with E-state index < -0.39 is 0 Å². The van der Waals surface area contributed by atoms with Crippen LogP contribution in [0.5, 0.6) is 0 Å². The number of carbonyl (C=O) groups is 1. The molecule has 2 heterocycles. The van der Waals surface area contributed by atoms with Gasteiger partial charge in [-0.1, -0.05) is 84.4 Å². The van der Waals surface area contributed by atoms with Gasteiger partial charge in [-0.2, -0.15) is 4.98 Å². The zero-order valence-corrected chi connectivity index (χ0v) is 19.7. The Bertz CT molecular complexity index is 1260. The number of anilines is 2. The fraction of sp³-hybridized carbons (Fsp3) is 0.154. The van der Waals surface area contributed by atoms with Crippen molar-refractivity contribution >= 4 is 41.1 Å². The van der Waals surface area contributed by atoms with E-state index in [0.717, 1.165) is 16.7 Å². The molecule has 4 aromatic rings. The second-order valence-electron chi connectivity index (χ2n) is 7.93. The third-order valence-corrected chi connectivity index (χ3v) is 7.16. The van der Waals surface area contributed by atoms with Crippen LogP contribution in [0.15, 0.2) is 84.9 Å². The maximum atomic E-state index is 13.6. The third kappa shape index (κ3) is 4.49. The van der Waals surface area contributed by atoms with Crippen molar-refractivity contribution in [3.8, 4) is 0 Å². The van der Waals surface area contributed by atoms with Gasteiger partial charge in [0.2, 0.25) is 11.7 Å². The number of imidazole rings is 1. The molecule has 3 aromatic carbocycles. The highest BCUT2D eigenvalue weighted by molar-refractivity contribution is 8.01. The van der Waals surface area contributed by atoms with Crippen LogP contribution in [-0.2, 0) is 20.1 Å². The van der Waals surface area contributed by atoms with E-state index in [-0.39, 0.29) is 11.0 Å². The number of hydrogen-bond donors (Lipinski definition) is 1. The number of rotatable bonds is 6. The summed E-state index contributed by atoms with van der Waals surface area (Å²) in [7, 11) is 1.90. The van der Waals surface area contributed by atoms with Gasteiger partial charge in [0.1, 0.15) is 10.9 Å². The SMILES string of the molecule is Cn1c(NCc2ccccc2)nc2c1C(=O)C(c1ccc(Cl)cc1)SN2Cc1ccccc1. The molecule has 0 amide bonds. The lowest BCUT2D eigenvalue weighted by atomic mass is 10.1. The van der Waals surface area contributed by atoms with Crippen molar-refractivity contribution in [1.82, 2.24) is 9.55 Å². The smallest absolute Gasteiger partial charge is 0.205 e. The Hall–Kier alpha value is -3.22. The molecule has 1 N–H and O–H groups in total. The van der Waals surface area contributed by atoms with Gasteiger partial charge >= 0.3 is 0 Å². The number of benzene rings is 3. The molecule has 0 bridgehead atoms. The first-order chi connectivity index (χ1) is 16.1. The molecule has 33 heavy (non-hydrogen) atoms. The van der Waals surface area contributed by atoms with Crippen LogP contribution < -0.4 is 9.62 Å². The maximum absolute atomic E-state index is 13.6. The molecule has 0 spiro atoms. The average Bonchev–Trinajstić information content (AvgIpc) is 3.18. The van der Waals surface area contributed by atoms with Gasteiger partial charge in [-0.15, -0.1) is 0 Å². The molecule has 0 saturated carbocycles. The second kappa shape index (κ2) is 9.33. The van der Waals surface area contributed by atoms with E-state index in [1.807, 2.05) is 72.3 Å².